The van der Waals surface area contributed by atoms with Crippen LogP contribution in [0.5, 0.6) is 0 Å². The van der Waals surface area contributed by atoms with Crippen LogP contribution in [0.15, 0.2) is 24.3 Å². The van der Waals surface area contributed by atoms with Crippen LogP contribution in [0.4, 0.5) is 0 Å². The fourth-order valence-electron chi connectivity index (χ4n) is 1.99. The molecule has 1 aromatic rings. The Morgan fingerprint density at radius 2 is 2.07 bits per heavy atom. The van der Waals surface area contributed by atoms with Gasteiger partial charge in [0.25, 0.3) is 0 Å². The van der Waals surface area contributed by atoms with E-state index in [0.29, 0.717) is 6.42 Å². The second-order valence-corrected chi connectivity index (χ2v) is 3.63. The lowest BCUT2D eigenvalue weighted by atomic mass is 10.1. The third-order valence-electron chi connectivity index (χ3n) is 2.57. The number of hydrogen-bond donors (Lipinski definition) is 2. The average Bonchev–Trinajstić information content (AvgIpc) is 2.44. The van der Waals surface area contributed by atoms with Crippen molar-refractivity contribution in [1.82, 2.24) is 5.32 Å². The van der Waals surface area contributed by atoms with Gasteiger partial charge in [0, 0.05) is 13.3 Å². The second kappa shape index (κ2) is 3.42. The first-order valence-electron chi connectivity index (χ1n) is 4.72. The molecule has 2 rings (SSSR count). The van der Waals surface area contributed by atoms with Gasteiger partial charge in [0.1, 0.15) is 0 Å². The summed E-state index contributed by atoms with van der Waals surface area (Å²) in [6, 6.07) is 7.65. The van der Waals surface area contributed by atoms with Crippen molar-refractivity contribution in [2.75, 3.05) is 0 Å². The van der Waals surface area contributed by atoms with Gasteiger partial charge in [-0.2, -0.15) is 0 Å². The predicted octanol–water partition coefficient (Wildman–Crippen LogP) is 1.30. The van der Waals surface area contributed by atoms with Gasteiger partial charge in [0.05, 0.1) is 12.1 Å². The zero-order valence-corrected chi connectivity index (χ0v) is 8.03. The zero-order chi connectivity index (χ0) is 10.1. The summed E-state index contributed by atoms with van der Waals surface area (Å²) in [6.45, 7) is 1.49. The molecule has 0 saturated carbocycles. The Hall–Kier alpha value is -1.35. The van der Waals surface area contributed by atoms with E-state index in [1.54, 1.807) is 0 Å². The van der Waals surface area contributed by atoms with E-state index in [9.17, 15) is 9.90 Å². The third kappa shape index (κ3) is 1.51. The number of carbonyl (C=O) groups excluding carboxylic acids is 1. The Bertz CT molecular complexity index is 362. The molecule has 1 unspecified atom stereocenters. The van der Waals surface area contributed by atoms with Crippen molar-refractivity contribution in [3.8, 4) is 0 Å². The van der Waals surface area contributed by atoms with Crippen LogP contribution >= 0.6 is 0 Å². The molecule has 1 aliphatic rings. The van der Waals surface area contributed by atoms with Crippen molar-refractivity contribution in [2.45, 2.75) is 25.5 Å². The standard InChI is InChI=1S/C11H13NO2/c1-7(13)12-10-6-11(14)9-5-3-2-4-8(9)10/h2-5,10-11,14H,6H2,1H3,(H,12,13)/t10-,11?/m1/s1. The summed E-state index contributed by atoms with van der Waals surface area (Å²) in [5.74, 6) is -0.0566. The Morgan fingerprint density at radius 3 is 2.71 bits per heavy atom. The fraction of sp³-hybridized carbons (Fsp3) is 0.364. The highest BCUT2D eigenvalue weighted by atomic mass is 16.3. The first-order valence-corrected chi connectivity index (χ1v) is 4.72. The minimum absolute atomic E-state index is 0.0290. The first kappa shape index (κ1) is 9.21. The van der Waals surface area contributed by atoms with Crippen molar-refractivity contribution in [3.05, 3.63) is 35.4 Å². The van der Waals surface area contributed by atoms with Crippen molar-refractivity contribution in [2.24, 2.45) is 0 Å². The fourth-order valence-corrected chi connectivity index (χ4v) is 1.99. The third-order valence-corrected chi connectivity index (χ3v) is 2.57. The lowest BCUT2D eigenvalue weighted by Crippen LogP contribution is -2.24. The van der Waals surface area contributed by atoms with Crippen molar-refractivity contribution in [3.63, 3.8) is 0 Å². The number of aliphatic hydroxyl groups excluding tert-OH is 1. The Kier molecular flexibility index (Phi) is 2.25. The van der Waals surface area contributed by atoms with Crippen molar-refractivity contribution < 1.29 is 9.90 Å². The van der Waals surface area contributed by atoms with E-state index < -0.39 is 6.10 Å². The minimum atomic E-state index is -0.442. The van der Waals surface area contributed by atoms with Gasteiger partial charge in [0.2, 0.25) is 5.91 Å². The van der Waals surface area contributed by atoms with E-state index in [0.717, 1.165) is 11.1 Å². The smallest absolute Gasteiger partial charge is 0.217 e. The number of hydrogen-bond acceptors (Lipinski definition) is 2. The normalized spacial score (nSPS) is 24.4. The van der Waals surface area contributed by atoms with Crippen LogP contribution in [0, 0.1) is 0 Å². The summed E-state index contributed by atoms with van der Waals surface area (Å²) in [5, 5.41) is 12.5. The van der Waals surface area contributed by atoms with Gasteiger partial charge in [-0.3, -0.25) is 4.79 Å². The van der Waals surface area contributed by atoms with Crippen LogP contribution in [0.1, 0.15) is 36.6 Å². The molecule has 0 bridgehead atoms. The molecule has 0 saturated heterocycles. The summed E-state index contributed by atoms with van der Waals surface area (Å²) in [4.78, 5) is 10.9. The molecule has 2 N–H and O–H groups in total. The number of carbonyl (C=O) groups is 1. The summed E-state index contributed by atoms with van der Waals surface area (Å²) in [6.07, 6.45) is 0.141. The van der Waals surface area contributed by atoms with Gasteiger partial charge >= 0.3 is 0 Å². The molecule has 1 amide bonds. The zero-order valence-electron chi connectivity index (χ0n) is 8.03. The van der Waals surface area contributed by atoms with Crippen LogP contribution in [-0.4, -0.2) is 11.0 Å². The molecular formula is C11H13NO2. The molecule has 0 fully saturated rings. The van der Waals surface area contributed by atoms with Crippen LogP contribution < -0.4 is 5.32 Å². The highest BCUT2D eigenvalue weighted by Gasteiger charge is 2.29. The molecule has 1 aliphatic carbocycles. The van der Waals surface area contributed by atoms with Gasteiger partial charge < -0.3 is 10.4 Å². The lowest BCUT2D eigenvalue weighted by Gasteiger charge is -2.11. The highest BCUT2D eigenvalue weighted by Crippen LogP contribution is 2.38. The van der Waals surface area contributed by atoms with Crippen molar-refractivity contribution in [1.29, 1.82) is 0 Å². The summed E-state index contributed by atoms with van der Waals surface area (Å²) >= 11 is 0. The highest BCUT2D eigenvalue weighted by molar-refractivity contribution is 5.73. The van der Waals surface area contributed by atoms with Crippen LogP contribution in [-0.2, 0) is 4.79 Å². The lowest BCUT2D eigenvalue weighted by molar-refractivity contribution is -0.119. The SMILES string of the molecule is CC(=O)N[C@@H]1CC(O)c2ccccc21. The van der Waals surface area contributed by atoms with Crippen molar-refractivity contribution >= 4 is 5.91 Å². The maximum atomic E-state index is 10.9. The molecule has 2 atom stereocenters. The Morgan fingerprint density at radius 1 is 1.43 bits per heavy atom. The van der Waals surface area contributed by atoms with Crippen LogP contribution in [0.2, 0.25) is 0 Å². The molecule has 0 heterocycles. The summed E-state index contributed by atoms with van der Waals surface area (Å²) in [7, 11) is 0. The van der Waals surface area contributed by atoms with Crippen LogP contribution in [0.3, 0.4) is 0 Å². The van der Waals surface area contributed by atoms with Gasteiger partial charge in [-0.05, 0) is 11.1 Å². The number of benzene rings is 1. The maximum absolute atomic E-state index is 10.9. The number of fused-ring (bicyclic) bond motifs is 1. The topological polar surface area (TPSA) is 49.3 Å². The summed E-state index contributed by atoms with van der Waals surface area (Å²) < 4.78 is 0. The number of nitrogens with one attached hydrogen (secondary N) is 1. The van der Waals surface area contributed by atoms with E-state index in [1.165, 1.54) is 6.92 Å². The molecule has 0 aromatic heterocycles. The van der Waals surface area contributed by atoms with E-state index in [4.69, 9.17) is 0 Å². The second-order valence-electron chi connectivity index (χ2n) is 3.63. The first-order chi connectivity index (χ1) is 6.68. The predicted molar refractivity (Wildman–Crippen MR) is 52.6 cm³/mol. The minimum Gasteiger partial charge on any atom is -0.388 e. The largest absolute Gasteiger partial charge is 0.388 e. The number of rotatable bonds is 1. The quantitative estimate of drug-likeness (QED) is 0.703. The molecule has 0 spiro atoms. The average molecular weight is 191 g/mol. The monoisotopic (exact) mass is 191 g/mol. The molecule has 74 valence electrons. The van der Waals surface area contributed by atoms with Gasteiger partial charge in [-0.15, -0.1) is 0 Å². The van der Waals surface area contributed by atoms with E-state index >= 15 is 0 Å². The molecule has 3 heteroatoms. The molecular weight excluding hydrogens is 178 g/mol. The molecule has 0 aliphatic heterocycles. The molecule has 0 radical (unpaired) electrons. The van der Waals surface area contributed by atoms with E-state index in [2.05, 4.69) is 5.32 Å². The Balaban J connectivity index is 2.29. The van der Waals surface area contributed by atoms with Gasteiger partial charge in [-0.25, -0.2) is 0 Å². The number of amides is 1. The Labute approximate surface area is 82.8 Å². The van der Waals surface area contributed by atoms with E-state index in [1.807, 2.05) is 24.3 Å². The summed E-state index contributed by atoms with van der Waals surface area (Å²) in [5.41, 5.74) is 1.97. The number of aliphatic hydroxyl groups is 1. The van der Waals surface area contributed by atoms with Crippen LogP contribution in [0.25, 0.3) is 0 Å². The van der Waals surface area contributed by atoms with E-state index in [-0.39, 0.29) is 11.9 Å². The maximum Gasteiger partial charge on any atom is 0.217 e. The molecule has 1 aromatic carbocycles. The van der Waals surface area contributed by atoms with Gasteiger partial charge in [0.15, 0.2) is 0 Å². The van der Waals surface area contributed by atoms with Gasteiger partial charge in [-0.1, -0.05) is 24.3 Å². The molecule has 3 nitrogen and oxygen atoms in total. The molecule has 14 heavy (non-hydrogen) atoms.